The largest absolute Gasteiger partial charge is 0.370 e. The summed E-state index contributed by atoms with van der Waals surface area (Å²) < 4.78 is 6.12. The summed E-state index contributed by atoms with van der Waals surface area (Å²) in [4.78, 5) is 15.1. The summed E-state index contributed by atoms with van der Waals surface area (Å²) in [6.07, 6.45) is 5.70. The Balaban J connectivity index is 1.43. The molecule has 0 unspecified atom stereocenters. The lowest BCUT2D eigenvalue weighted by Crippen LogP contribution is -2.35. The van der Waals surface area contributed by atoms with Gasteiger partial charge >= 0.3 is 0 Å². The number of rotatable bonds is 6. The number of anilines is 1. The van der Waals surface area contributed by atoms with Crippen molar-refractivity contribution >= 4 is 39.1 Å². The van der Waals surface area contributed by atoms with Gasteiger partial charge in [-0.2, -0.15) is 0 Å². The zero-order valence-corrected chi connectivity index (χ0v) is 21.0. The second-order valence-corrected chi connectivity index (χ2v) is 11.9. The Bertz CT molecular complexity index is 1070. The first kappa shape index (κ1) is 22.2. The topological polar surface area (TPSA) is 38.2 Å². The van der Waals surface area contributed by atoms with Crippen molar-refractivity contribution in [2.75, 3.05) is 23.7 Å². The van der Waals surface area contributed by atoms with Gasteiger partial charge in [-0.05, 0) is 56.6 Å². The van der Waals surface area contributed by atoms with Gasteiger partial charge < -0.3 is 9.64 Å². The number of benzene rings is 1. The molecule has 1 aromatic carbocycles. The van der Waals surface area contributed by atoms with E-state index in [0.717, 1.165) is 47.6 Å². The molecule has 0 atom stereocenters. The SMILES string of the molecule is CCCSc1nc(N2CCC(Cc3ccccc3)CC2)c2c3c(sc2n1)COC(C)(C)C3. The van der Waals surface area contributed by atoms with Crippen LogP contribution in [-0.4, -0.2) is 34.4 Å². The lowest BCUT2D eigenvalue weighted by atomic mass is 9.90. The van der Waals surface area contributed by atoms with E-state index in [1.54, 1.807) is 11.8 Å². The fourth-order valence-electron chi connectivity index (χ4n) is 4.89. The van der Waals surface area contributed by atoms with Crippen molar-refractivity contribution in [3.63, 3.8) is 0 Å². The van der Waals surface area contributed by atoms with Crippen molar-refractivity contribution in [1.82, 2.24) is 9.97 Å². The quantitative estimate of drug-likeness (QED) is 0.305. The van der Waals surface area contributed by atoms with Crippen LogP contribution in [0.15, 0.2) is 35.5 Å². The van der Waals surface area contributed by atoms with Gasteiger partial charge in [-0.1, -0.05) is 49.0 Å². The van der Waals surface area contributed by atoms with Gasteiger partial charge in [-0.15, -0.1) is 11.3 Å². The molecule has 0 radical (unpaired) electrons. The number of piperidine rings is 1. The maximum absolute atomic E-state index is 6.12. The predicted octanol–water partition coefficient (Wildman–Crippen LogP) is 6.50. The van der Waals surface area contributed by atoms with Crippen LogP contribution in [0.1, 0.15) is 56.0 Å². The van der Waals surface area contributed by atoms with Crippen LogP contribution in [0.2, 0.25) is 0 Å². The molecule has 1 fully saturated rings. The molecule has 32 heavy (non-hydrogen) atoms. The monoisotopic (exact) mass is 467 g/mol. The fraction of sp³-hybridized carbons (Fsp3) is 0.538. The third-order valence-electron chi connectivity index (χ3n) is 6.61. The van der Waals surface area contributed by atoms with Gasteiger partial charge in [0.15, 0.2) is 5.16 Å². The second kappa shape index (κ2) is 9.32. The Morgan fingerprint density at radius 2 is 1.94 bits per heavy atom. The minimum atomic E-state index is -0.128. The van der Waals surface area contributed by atoms with Crippen molar-refractivity contribution in [3.8, 4) is 0 Å². The zero-order valence-electron chi connectivity index (χ0n) is 19.4. The molecule has 0 N–H and O–H groups in total. The Labute approximate surface area is 199 Å². The first-order valence-electron chi connectivity index (χ1n) is 11.9. The van der Waals surface area contributed by atoms with Crippen LogP contribution in [0.3, 0.4) is 0 Å². The lowest BCUT2D eigenvalue weighted by Gasteiger charge is -2.34. The Morgan fingerprint density at radius 1 is 1.16 bits per heavy atom. The van der Waals surface area contributed by atoms with E-state index >= 15 is 0 Å². The third-order valence-corrected chi connectivity index (χ3v) is 8.76. The van der Waals surface area contributed by atoms with E-state index in [0.29, 0.717) is 6.61 Å². The van der Waals surface area contributed by atoms with Crippen LogP contribution in [0, 0.1) is 5.92 Å². The van der Waals surface area contributed by atoms with E-state index in [1.807, 2.05) is 11.3 Å². The van der Waals surface area contributed by atoms with E-state index in [4.69, 9.17) is 14.7 Å². The number of thioether (sulfide) groups is 1. The van der Waals surface area contributed by atoms with Crippen molar-refractivity contribution < 1.29 is 4.74 Å². The average Bonchev–Trinajstić information content (AvgIpc) is 3.15. The summed E-state index contributed by atoms with van der Waals surface area (Å²) in [6.45, 7) is 9.45. The van der Waals surface area contributed by atoms with Crippen LogP contribution >= 0.6 is 23.1 Å². The number of hydrogen-bond donors (Lipinski definition) is 0. The molecule has 170 valence electrons. The minimum Gasteiger partial charge on any atom is -0.370 e. The highest BCUT2D eigenvalue weighted by atomic mass is 32.2. The van der Waals surface area contributed by atoms with E-state index in [9.17, 15) is 0 Å². The fourth-order valence-corrected chi connectivity index (χ4v) is 6.74. The molecule has 6 heteroatoms. The molecule has 0 saturated carbocycles. The molecule has 2 aliphatic rings. The van der Waals surface area contributed by atoms with Gasteiger partial charge in [-0.3, -0.25) is 0 Å². The summed E-state index contributed by atoms with van der Waals surface area (Å²) in [5.74, 6) is 2.98. The highest BCUT2D eigenvalue weighted by Gasteiger charge is 2.32. The van der Waals surface area contributed by atoms with Crippen molar-refractivity contribution in [2.45, 2.75) is 70.2 Å². The van der Waals surface area contributed by atoms with E-state index in [1.165, 1.54) is 46.5 Å². The van der Waals surface area contributed by atoms with E-state index in [2.05, 4.69) is 56.0 Å². The summed E-state index contributed by atoms with van der Waals surface area (Å²) in [5, 5.41) is 2.23. The molecule has 0 bridgehead atoms. The highest BCUT2D eigenvalue weighted by molar-refractivity contribution is 7.99. The minimum absolute atomic E-state index is 0.128. The van der Waals surface area contributed by atoms with Crippen molar-refractivity contribution in [2.24, 2.45) is 5.92 Å². The second-order valence-electron chi connectivity index (χ2n) is 9.71. The molecule has 5 rings (SSSR count). The number of thiophene rings is 1. The first-order valence-corrected chi connectivity index (χ1v) is 13.7. The Hall–Kier alpha value is -1.63. The van der Waals surface area contributed by atoms with Crippen LogP contribution < -0.4 is 4.90 Å². The van der Waals surface area contributed by atoms with Crippen molar-refractivity contribution in [1.29, 1.82) is 0 Å². The number of fused-ring (bicyclic) bond motifs is 3. The summed E-state index contributed by atoms with van der Waals surface area (Å²) in [7, 11) is 0. The van der Waals surface area contributed by atoms with Gasteiger partial charge in [0, 0.05) is 30.1 Å². The first-order chi connectivity index (χ1) is 15.5. The van der Waals surface area contributed by atoms with Gasteiger partial charge in [0.25, 0.3) is 0 Å². The van der Waals surface area contributed by atoms with Crippen LogP contribution in [0.25, 0.3) is 10.2 Å². The van der Waals surface area contributed by atoms with Gasteiger partial charge in [0.2, 0.25) is 0 Å². The number of hydrogen-bond acceptors (Lipinski definition) is 6. The van der Waals surface area contributed by atoms with Gasteiger partial charge in [0.05, 0.1) is 17.6 Å². The van der Waals surface area contributed by atoms with Crippen LogP contribution in [0.5, 0.6) is 0 Å². The summed E-state index contributed by atoms with van der Waals surface area (Å²) in [6, 6.07) is 10.9. The molecule has 0 spiro atoms. The maximum atomic E-state index is 6.12. The summed E-state index contributed by atoms with van der Waals surface area (Å²) in [5.41, 5.74) is 2.76. The van der Waals surface area contributed by atoms with Gasteiger partial charge in [-0.25, -0.2) is 9.97 Å². The predicted molar refractivity (Wildman–Crippen MR) is 136 cm³/mol. The normalized spacial score (nSPS) is 18.8. The number of ether oxygens (including phenoxy) is 1. The molecule has 4 nitrogen and oxygen atoms in total. The lowest BCUT2D eigenvalue weighted by molar-refractivity contribution is -0.0379. The smallest absolute Gasteiger partial charge is 0.190 e. The van der Waals surface area contributed by atoms with E-state index < -0.39 is 0 Å². The van der Waals surface area contributed by atoms with Crippen molar-refractivity contribution in [3.05, 3.63) is 46.3 Å². The van der Waals surface area contributed by atoms with Gasteiger partial charge in [0.1, 0.15) is 10.6 Å². The average molecular weight is 468 g/mol. The molecule has 1 saturated heterocycles. The summed E-state index contributed by atoms with van der Waals surface area (Å²) >= 11 is 3.60. The number of aromatic nitrogens is 2. The molecule has 0 aliphatic carbocycles. The Morgan fingerprint density at radius 3 is 2.69 bits per heavy atom. The highest BCUT2D eigenvalue weighted by Crippen LogP contribution is 2.43. The Kier molecular flexibility index (Phi) is 6.46. The molecule has 3 aromatic rings. The van der Waals surface area contributed by atoms with E-state index in [-0.39, 0.29) is 5.60 Å². The third kappa shape index (κ3) is 4.68. The zero-order chi connectivity index (χ0) is 22.1. The molecular weight excluding hydrogens is 434 g/mol. The molecular formula is C26H33N3OS2. The molecule has 2 aromatic heterocycles. The molecule has 2 aliphatic heterocycles. The number of nitrogens with zero attached hydrogens (tertiary/aromatic N) is 3. The van der Waals surface area contributed by atoms with Crippen LogP contribution in [0.4, 0.5) is 5.82 Å². The maximum Gasteiger partial charge on any atom is 0.190 e. The molecule has 0 amide bonds. The molecule has 4 heterocycles. The van der Waals surface area contributed by atoms with Crippen LogP contribution in [-0.2, 0) is 24.2 Å². The standard InChI is InChI=1S/C26H33N3OS2/c1-4-14-31-25-27-23(22-20-16-26(2,3)30-17-21(20)32-24(22)28-25)29-12-10-19(11-13-29)15-18-8-6-5-7-9-18/h5-9,19H,4,10-17H2,1-3H3.